The fraction of sp³-hybridized carbons (Fsp3) is 0.300. The van der Waals surface area contributed by atoms with Crippen molar-refractivity contribution in [1.29, 1.82) is 5.26 Å². The predicted octanol–water partition coefficient (Wildman–Crippen LogP) is 3.55. The van der Waals surface area contributed by atoms with Gasteiger partial charge in [-0.15, -0.1) is 0 Å². The molecule has 124 valence electrons. The van der Waals surface area contributed by atoms with Crippen molar-refractivity contribution in [2.24, 2.45) is 0 Å². The number of nitrogens with one attached hydrogen (secondary N) is 1. The molecule has 0 heterocycles. The van der Waals surface area contributed by atoms with Gasteiger partial charge in [0, 0.05) is 12.2 Å². The van der Waals surface area contributed by atoms with E-state index in [2.05, 4.69) is 30.4 Å². The lowest BCUT2D eigenvalue weighted by molar-refractivity contribution is -0.117. The highest BCUT2D eigenvalue weighted by atomic mass is 16.2. The van der Waals surface area contributed by atoms with E-state index in [1.807, 2.05) is 44.0 Å². The minimum absolute atomic E-state index is 0.0380. The van der Waals surface area contributed by atoms with Crippen molar-refractivity contribution >= 4 is 11.6 Å². The number of benzene rings is 2. The number of nitrogens with zero attached hydrogens (tertiary/aromatic N) is 2. The maximum Gasteiger partial charge on any atom is 0.238 e. The van der Waals surface area contributed by atoms with Gasteiger partial charge in [-0.3, -0.25) is 9.69 Å². The van der Waals surface area contributed by atoms with Gasteiger partial charge in [0.1, 0.15) is 0 Å². The summed E-state index contributed by atoms with van der Waals surface area (Å²) >= 11 is 0. The van der Waals surface area contributed by atoms with E-state index in [9.17, 15) is 4.79 Å². The lowest BCUT2D eigenvalue weighted by Crippen LogP contribution is -2.30. The third kappa shape index (κ3) is 4.68. The first-order chi connectivity index (χ1) is 11.4. The molecule has 0 fully saturated rings. The maximum atomic E-state index is 12.3. The minimum atomic E-state index is -0.0380. The number of carbonyl (C=O) groups excluding carboxylic acids is 1. The van der Waals surface area contributed by atoms with Crippen LogP contribution in [0.25, 0.3) is 0 Å². The molecule has 0 radical (unpaired) electrons. The predicted molar refractivity (Wildman–Crippen MR) is 96.8 cm³/mol. The number of nitriles is 1. The van der Waals surface area contributed by atoms with Crippen LogP contribution in [0.4, 0.5) is 5.69 Å². The second kappa shape index (κ2) is 7.76. The Hall–Kier alpha value is -2.64. The molecule has 0 spiro atoms. The van der Waals surface area contributed by atoms with Crippen molar-refractivity contribution in [3.8, 4) is 6.07 Å². The van der Waals surface area contributed by atoms with E-state index in [0.29, 0.717) is 18.7 Å². The Kier molecular flexibility index (Phi) is 5.73. The fourth-order valence-electron chi connectivity index (χ4n) is 2.91. The van der Waals surface area contributed by atoms with Crippen molar-refractivity contribution in [2.75, 3.05) is 18.9 Å². The monoisotopic (exact) mass is 321 g/mol. The average Bonchev–Trinajstić information content (AvgIpc) is 2.50. The Morgan fingerprint density at radius 2 is 1.83 bits per heavy atom. The molecule has 1 N–H and O–H groups in total. The van der Waals surface area contributed by atoms with Crippen LogP contribution in [0, 0.1) is 32.1 Å². The van der Waals surface area contributed by atoms with Gasteiger partial charge in [0.05, 0.1) is 18.2 Å². The van der Waals surface area contributed by atoms with Crippen LogP contribution in [0.2, 0.25) is 0 Å². The standard InChI is InChI=1S/C20H23N3O/c1-14-8-15(2)20(16(3)9-14)22-19(24)13-23(4)12-18-7-5-6-17(10-18)11-21/h5-10H,12-13H2,1-4H3,(H,22,24). The van der Waals surface area contributed by atoms with Gasteiger partial charge in [0.25, 0.3) is 0 Å². The van der Waals surface area contributed by atoms with Gasteiger partial charge < -0.3 is 5.32 Å². The molecular formula is C20H23N3O. The topological polar surface area (TPSA) is 56.1 Å². The summed E-state index contributed by atoms with van der Waals surface area (Å²) in [5.41, 5.74) is 5.89. The van der Waals surface area contributed by atoms with Crippen molar-refractivity contribution in [1.82, 2.24) is 4.90 Å². The lowest BCUT2D eigenvalue weighted by Gasteiger charge is -2.18. The molecule has 4 heteroatoms. The summed E-state index contributed by atoms with van der Waals surface area (Å²) in [6.45, 7) is 6.98. The molecule has 0 unspecified atom stereocenters. The summed E-state index contributed by atoms with van der Waals surface area (Å²) < 4.78 is 0. The van der Waals surface area contributed by atoms with Crippen LogP contribution < -0.4 is 5.32 Å². The van der Waals surface area contributed by atoms with Crippen molar-refractivity contribution in [2.45, 2.75) is 27.3 Å². The minimum Gasteiger partial charge on any atom is -0.324 e. The molecule has 0 saturated carbocycles. The van der Waals surface area contributed by atoms with Gasteiger partial charge in [-0.25, -0.2) is 0 Å². The van der Waals surface area contributed by atoms with Gasteiger partial charge >= 0.3 is 0 Å². The largest absolute Gasteiger partial charge is 0.324 e. The van der Waals surface area contributed by atoms with Crippen LogP contribution in [0.1, 0.15) is 27.8 Å². The highest BCUT2D eigenvalue weighted by molar-refractivity contribution is 5.93. The number of hydrogen-bond donors (Lipinski definition) is 1. The first-order valence-electron chi connectivity index (χ1n) is 7.94. The molecule has 0 aromatic heterocycles. The highest BCUT2D eigenvalue weighted by Gasteiger charge is 2.11. The number of anilines is 1. The van der Waals surface area contributed by atoms with E-state index in [0.717, 1.165) is 22.4 Å². The second-order valence-corrected chi connectivity index (χ2v) is 6.31. The maximum absolute atomic E-state index is 12.3. The molecule has 2 rings (SSSR count). The van der Waals surface area contributed by atoms with E-state index >= 15 is 0 Å². The number of carbonyl (C=O) groups is 1. The van der Waals surface area contributed by atoms with Gasteiger partial charge in [-0.05, 0) is 56.6 Å². The zero-order valence-electron chi connectivity index (χ0n) is 14.7. The number of likely N-dealkylation sites (N-methyl/N-ethyl adjacent to an activating group) is 1. The lowest BCUT2D eigenvalue weighted by atomic mass is 10.1. The van der Waals surface area contributed by atoms with Crippen LogP contribution in [-0.2, 0) is 11.3 Å². The van der Waals surface area contributed by atoms with E-state index in [4.69, 9.17) is 5.26 Å². The summed E-state index contributed by atoms with van der Waals surface area (Å²) in [6.07, 6.45) is 0. The third-order valence-corrected chi connectivity index (χ3v) is 3.86. The summed E-state index contributed by atoms with van der Waals surface area (Å²) in [5.74, 6) is -0.0380. The molecule has 0 saturated heterocycles. The summed E-state index contributed by atoms with van der Waals surface area (Å²) in [4.78, 5) is 14.3. The second-order valence-electron chi connectivity index (χ2n) is 6.31. The normalized spacial score (nSPS) is 10.5. The van der Waals surface area contributed by atoms with Gasteiger partial charge in [0.2, 0.25) is 5.91 Å². The Balaban J connectivity index is 1.98. The zero-order chi connectivity index (χ0) is 17.7. The first kappa shape index (κ1) is 17.7. The van der Waals surface area contributed by atoms with Gasteiger partial charge in [-0.2, -0.15) is 5.26 Å². The number of rotatable bonds is 5. The Morgan fingerprint density at radius 1 is 1.17 bits per heavy atom. The van der Waals surface area contributed by atoms with Crippen LogP contribution in [0.5, 0.6) is 0 Å². The van der Waals surface area contributed by atoms with Crippen molar-refractivity contribution < 1.29 is 4.79 Å². The molecule has 0 aliphatic rings. The first-order valence-corrected chi connectivity index (χ1v) is 7.94. The highest BCUT2D eigenvalue weighted by Crippen LogP contribution is 2.21. The number of hydrogen-bond acceptors (Lipinski definition) is 3. The summed E-state index contributed by atoms with van der Waals surface area (Å²) in [7, 11) is 1.90. The molecule has 0 aliphatic heterocycles. The van der Waals surface area contributed by atoms with Crippen LogP contribution in [0.3, 0.4) is 0 Å². The zero-order valence-corrected chi connectivity index (χ0v) is 14.7. The fourth-order valence-corrected chi connectivity index (χ4v) is 2.91. The van der Waals surface area contributed by atoms with E-state index < -0.39 is 0 Å². The quantitative estimate of drug-likeness (QED) is 0.916. The molecule has 2 aromatic carbocycles. The molecule has 0 bridgehead atoms. The molecule has 0 atom stereocenters. The smallest absolute Gasteiger partial charge is 0.238 e. The van der Waals surface area contributed by atoms with E-state index in [1.165, 1.54) is 5.56 Å². The Bertz CT molecular complexity index is 767. The Morgan fingerprint density at radius 3 is 2.46 bits per heavy atom. The van der Waals surface area contributed by atoms with Crippen LogP contribution in [0.15, 0.2) is 36.4 Å². The van der Waals surface area contributed by atoms with Gasteiger partial charge in [-0.1, -0.05) is 29.8 Å². The van der Waals surface area contributed by atoms with E-state index in [1.54, 1.807) is 6.07 Å². The van der Waals surface area contributed by atoms with Gasteiger partial charge in [0.15, 0.2) is 0 Å². The molecule has 1 amide bonds. The third-order valence-electron chi connectivity index (χ3n) is 3.86. The van der Waals surface area contributed by atoms with Crippen molar-refractivity contribution in [3.63, 3.8) is 0 Å². The van der Waals surface area contributed by atoms with E-state index in [-0.39, 0.29) is 5.91 Å². The van der Waals surface area contributed by atoms with Crippen LogP contribution >= 0.6 is 0 Å². The number of amides is 1. The molecular weight excluding hydrogens is 298 g/mol. The molecule has 4 nitrogen and oxygen atoms in total. The molecule has 24 heavy (non-hydrogen) atoms. The summed E-state index contributed by atoms with van der Waals surface area (Å²) in [5, 5.41) is 12.0. The SMILES string of the molecule is Cc1cc(C)c(NC(=O)CN(C)Cc2cccc(C#N)c2)c(C)c1. The number of aryl methyl sites for hydroxylation is 3. The van der Waals surface area contributed by atoms with Crippen molar-refractivity contribution in [3.05, 3.63) is 64.2 Å². The van der Waals surface area contributed by atoms with Crippen LogP contribution in [-0.4, -0.2) is 24.4 Å². The molecule has 0 aliphatic carbocycles. The average molecular weight is 321 g/mol. The summed E-state index contributed by atoms with van der Waals surface area (Å²) in [6, 6.07) is 13.7. The molecule has 2 aromatic rings. The Labute approximate surface area is 143 Å².